The molecule has 3 amide bonds. The van der Waals surface area contributed by atoms with Crippen LogP contribution in [0.15, 0.2) is 59.6 Å². The Balaban J connectivity index is 1.55. The zero-order valence-corrected chi connectivity index (χ0v) is 20.1. The summed E-state index contributed by atoms with van der Waals surface area (Å²) in [5, 5.41) is 2.87. The van der Waals surface area contributed by atoms with Crippen LogP contribution in [0.5, 0.6) is 0 Å². The van der Waals surface area contributed by atoms with Gasteiger partial charge in [-0.1, -0.05) is 56.3 Å². The molecule has 1 unspecified atom stereocenters. The Morgan fingerprint density at radius 1 is 1.17 bits per heavy atom. The van der Waals surface area contributed by atoms with Crippen molar-refractivity contribution in [3.8, 4) is 0 Å². The third-order valence-corrected chi connectivity index (χ3v) is 6.40. The van der Waals surface area contributed by atoms with Gasteiger partial charge in [0.1, 0.15) is 12.2 Å². The van der Waals surface area contributed by atoms with Gasteiger partial charge in [-0.2, -0.15) is 4.39 Å². The van der Waals surface area contributed by atoms with Crippen LogP contribution in [-0.2, 0) is 14.4 Å². The third kappa shape index (κ3) is 5.72. The Morgan fingerprint density at radius 2 is 1.92 bits per heavy atom. The molecule has 2 aliphatic rings. The van der Waals surface area contributed by atoms with Gasteiger partial charge in [0.05, 0.1) is 18.3 Å². The summed E-state index contributed by atoms with van der Waals surface area (Å²) in [6, 6.07) is 10.5. The molecule has 1 saturated heterocycles. The number of hydrogen-bond donors (Lipinski definition) is 1. The number of rotatable bonds is 7. The second kappa shape index (κ2) is 10.9. The summed E-state index contributed by atoms with van der Waals surface area (Å²) in [5.41, 5.74) is 1.44. The molecule has 7 nitrogen and oxygen atoms in total. The molecule has 4 rings (SSSR count). The van der Waals surface area contributed by atoms with E-state index in [2.05, 4.69) is 15.3 Å². The number of nitrogens with one attached hydrogen (secondary N) is 1. The first kappa shape index (κ1) is 25.3. The summed E-state index contributed by atoms with van der Waals surface area (Å²) in [6.45, 7) is 3.53. The van der Waals surface area contributed by atoms with Crippen LogP contribution in [0.3, 0.4) is 0 Å². The molecule has 9 heteroatoms. The van der Waals surface area contributed by atoms with Crippen LogP contribution in [0.1, 0.15) is 55.5 Å². The first-order chi connectivity index (χ1) is 17.2. The van der Waals surface area contributed by atoms with Crippen molar-refractivity contribution in [2.75, 3.05) is 6.54 Å². The molecule has 0 bridgehead atoms. The number of alkyl halides is 1. The van der Waals surface area contributed by atoms with E-state index in [0.29, 0.717) is 16.8 Å². The molecular formula is C27H28F2N4O3. The highest BCUT2D eigenvalue weighted by atomic mass is 19.1. The fourth-order valence-corrected chi connectivity index (χ4v) is 4.48. The molecule has 36 heavy (non-hydrogen) atoms. The average molecular weight is 495 g/mol. The van der Waals surface area contributed by atoms with Gasteiger partial charge >= 0.3 is 0 Å². The predicted octanol–water partition coefficient (Wildman–Crippen LogP) is 3.66. The number of hydrogen-bond acceptors (Lipinski definition) is 4. The molecule has 0 spiro atoms. The highest BCUT2D eigenvalue weighted by molar-refractivity contribution is 5.98. The SMILES string of the molecule is CC(C)c1ccc([C@@H](NC(=O)[C@@H]2C[C@@H](F)CN2C(=O)CC2C=CC(=O)N=C2)c2ccccc2)nc1F. The Morgan fingerprint density at radius 3 is 2.56 bits per heavy atom. The van der Waals surface area contributed by atoms with Crippen molar-refractivity contribution in [1.29, 1.82) is 0 Å². The quantitative estimate of drug-likeness (QED) is 0.595. The molecule has 1 aromatic carbocycles. The number of amides is 3. The van der Waals surface area contributed by atoms with E-state index in [9.17, 15) is 23.2 Å². The van der Waals surface area contributed by atoms with Gasteiger partial charge < -0.3 is 10.2 Å². The molecule has 1 N–H and O–H groups in total. The highest BCUT2D eigenvalue weighted by Gasteiger charge is 2.41. The van der Waals surface area contributed by atoms with Crippen LogP contribution in [0, 0.1) is 11.9 Å². The number of nitrogens with zero attached hydrogens (tertiary/aromatic N) is 3. The van der Waals surface area contributed by atoms with E-state index in [1.54, 1.807) is 42.5 Å². The number of benzene rings is 1. The average Bonchev–Trinajstić information content (AvgIpc) is 3.26. The van der Waals surface area contributed by atoms with Gasteiger partial charge in [-0.3, -0.25) is 14.4 Å². The van der Waals surface area contributed by atoms with Crippen molar-refractivity contribution >= 4 is 23.9 Å². The number of aliphatic imine (C=N–C) groups is 1. The number of pyridine rings is 1. The molecule has 4 atom stereocenters. The van der Waals surface area contributed by atoms with Crippen LogP contribution in [0.4, 0.5) is 8.78 Å². The lowest BCUT2D eigenvalue weighted by Crippen LogP contribution is -2.47. The lowest BCUT2D eigenvalue weighted by molar-refractivity contribution is -0.138. The Kier molecular flexibility index (Phi) is 7.67. The van der Waals surface area contributed by atoms with Crippen molar-refractivity contribution < 1.29 is 23.2 Å². The molecule has 0 aliphatic carbocycles. The minimum Gasteiger partial charge on any atom is -0.342 e. The number of dihydropyridines is 1. The Labute approximate surface area is 208 Å². The Hall–Kier alpha value is -3.75. The highest BCUT2D eigenvalue weighted by Crippen LogP contribution is 2.27. The van der Waals surface area contributed by atoms with E-state index < -0.39 is 47.8 Å². The maximum atomic E-state index is 14.7. The third-order valence-electron chi connectivity index (χ3n) is 6.40. The van der Waals surface area contributed by atoms with Gasteiger partial charge in [-0.15, -0.1) is 0 Å². The summed E-state index contributed by atoms with van der Waals surface area (Å²) in [5.74, 6) is -2.43. The van der Waals surface area contributed by atoms with Crippen molar-refractivity contribution in [3.05, 3.63) is 77.4 Å². The minimum absolute atomic E-state index is 0.0324. The van der Waals surface area contributed by atoms with Crippen molar-refractivity contribution in [3.63, 3.8) is 0 Å². The fourth-order valence-electron chi connectivity index (χ4n) is 4.48. The molecule has 3 heterocycles. The van der Waals surface area contributed by atoms with Crippen molar-refractivity contribution in [1.82, 2.24) is 15.2 Å². The maximum Gasteiger partial charge on any atom is 0.269 e. The second-order valence-corrected chi connectivity index (χ2v) is 9.36. The monoisotopic (exact) mass is 494 g/mol. The van der Waals surface area contributed by atoms with Crippen LogP contribution in [-0.4, -0.2) is 52.6 Å². The maximum absolute atomic E-state index is 14.7. The first-order valence-electron chi connectivity index (χ1n) is 11.9. The van der Waals surface area contributed by atoms with E-state index in [-0.39, 0.29) is 25.3 Å². The fraction of sp³-hybridized carbons (Fsp3) is 0.370. The standard InChI is InChI=1S/C27H28F2N4O3/c1-16(2)20-9-10-21(31-26(20)29)25(18-6-4-3-5-7-18)32-27(36)22-13-19(28)15-33(22)24(35)12-17-8-11-23(34)30-14-17/h3-11,14,16-17,19,22,25H,12-13,15H2,1-2H3,(H,32,36)/t17?,19-,22+,25+/m1/s1. The summed E-state index contributed by atoms with van der Waals surface area (Å²) >= 11 is 0. The summed E-state index contributed by atoms with van der Waals surface area (Å²) < 4.78 is 29.1. The van der Waals surface area contributed by atoms with E-state index in [4.69, 9.17) is 0 Å². The summed E-state index contributed by atoms with van der Waals surface area (Å²) in [4.78, 5) is 46.6. The van der Waals surface area contributed by atoms with Crippen LogP contribution in [0.25, 0.3) is 0 Å². The number of carbonyl (C=O) groups excluding carboxylic acids is 3. The number of carbonyl (C=O) groups is 3. The van der Waals surface area contributed by atoms with Gasteiger partial charge in [0.2, 0.25) is 17.8 Å². The predicted molar refractivity (Wildman–Crippen MR) is 130 cm³/mol. The molecule has 188 valence electrons. The largest absolute Gasteiger partial charge is 0.342 e. The van der Waals surface area contributed by atoms with Crippen molar-refractivity contribution in [2.45, 2.75) is 50.9 Å². The molecule has 1 fully saturated rings. The van der Waals surface area contributed by atoms with E-state index in [1.165, 1.54) is 17.2 Å². The zero-order chi connectivity index (χ0) is 25.8. The second-order valence-electron chi connectivity index (χ2n) is 9.36. The minimum atomic E-state index is -1.35. The lowest BCUT2D eigenvalue weighted by atomic mass is 9.99. The number of allylic oxidation sites excluding steroid dienone is 1. The first-order valence-corrected chi connectivity index (χ1v) is 11.9. The van der Waals surface area contributed by atoms with Gasteiger partial charge in [-0.25, -0.2) is 14.4 Å². The molecule has 1 aromatic heterocycles. The molecule has 0 radical (unpaired) electrons. The van der Waals surface area contributed by atoms with Crippen LogP contribution >= 0.6 is 0 Å². The Bertz CT molecular complexity index is 1180. The number of aromatic nitrogens is 1. The lowest BCUT2D eigenvalue weighted by Gasteiger charge is -2.27. The number of halogens is 2. The molecule has 2 aromatic rings. The van der Waals surface area contributed by atoms with E-state index in [1.807, 2.05) is 19.9 Å². The summed E-state index contributed by atoms with van der Waals surface area (Å²) in [6.07, 6.45) is 2.71. The van der Waals surface area contributed by atoms with Crippen LogP contribution < -0.4 is 5.32 Å². The molecule has 0 saturated carbocycles. The van der Waals surface area contributed by atoms with Crippen LogP contribution in [0.2, 0.25) is 0 Å². The van der Waals surface area contributed by atoms with E-state index in [0.717, 1.165) is 0 Å². The zero-order valence-electron chi connectivity index (χ0n) is 20.1. The van der Waals surface area contributed by atoms with Gasteiger partial charge in [0.15, 0.2) is 0 Å². The van der Waals surface area contributed by atoms with Gasteiger partial charge in [-0.05, 0) is 17.5 Å². The molecular weight excluding hydrogens is 466 g/mol. The smallest absolute Gasteiger partial charge is 0.269 e. The normalized spacial score (nSPS) is 22.2. The van der Waals surface area contributed by atoms with Crippen molar-refractivity contribution in [2.24, 2.45) is 10.9 Å². The summed E-state index contributed by atoms with van der Waals surface area (Å²) in [7, 11) is 0. The van der Waals surface area contributed by atoms with E-state index >= 15 is 0 Å². The number of likely N-dealkylation sites (tertiary alicyclic amines) is 1. The van der Waals surface area contributed by atoms with Gasteiger partial charge in [0, 0.05) is 36.6 Å². The van der Waals surface area contributed by atoms with Gasteiger partial charge in [0.25, 0.3) is 5.91 Å². The topological polar surface area (TPSA) is 91.7 Å². The molecule has 2 aliphatic heterocycles.